The predicted octanol–water partition coefficient (Wildman–Crippen LogP) is 3.45. The molecule has 0 saturated heterocycles. The molecule has 6 nitrogen and oxygen atoms in total. The third-order valence-electron chi connectivity index (χ3n) is 5.17. The molecule has 1 fully saturated rings. The first kappa shape index (κ1) is 18.2. The van der Waals surface area contributed by atoms with Crippen LogP contribution in [-0.2, 0) is 5.41 Å². The molecule has 144 valence electrons. The van der Waals surface area contributed by atoms with Crippen LogP contribution in [0.1, 0.15) is 24.1 Å². The lowest BCUT2D eigenvalue weighted by Crippen LogP contribution is -2.49. The largest absolute Gasteiger partial charge is 0.383 e. The zero-order valence-electron chi connectivity index (χ0n) is 15.4. The van der Waals surface area contributed by atoms with Crippen LogP contribution in [0.15, 0.2) is 42.7 Å². The summed E-state index contributed by atoms with van der Waals surface area (Å²) in [4.78, 5) is 8.28. The van der Waals surface area contributed by atoms with E-state index in [9.17, 15) is 8.78 Å². The van der Waals surface area contributed by atoms with E-state index in [2.05, 4.69) is 25.5 Å². The Balaban J connectivity index is 1.50. The Labute approximate surface area is 161 Å². The second kappa shape index (κ2) is 7.10. The van der Waals surface area contributed by atoms with Gasteiger partial charge in [-0.15, -0.1) is 10.2 Å². The molecule has 1 aliphatic rings. The van der Waals surface area contributed by atoms with Crippen molar-refractivity contribution in [3.05, 3.63) is 59.8 Å². The molecule has 1 aliphatic carbocycles. The van der Waals surface area contributed by atoms with Gasteiger partial charge >= 0.3 is 0 Å². The maximum absolute atomic E-state index is 14.2. The van der Waals surface area contributed by atoms with Crippen LogP contribution in [0.2, 0.25) is 0 Å². The number of pyridine rings is 2. The Hall–Kier alpha value is -3.16. The molecule has 0 unspecified atom stereocenters. The Morgan fingerprint density at radius 3 is 2.68 bits per heavy atom. The molecule has 0 aliphatic heterocycles. The molecule has 4 rings (SSSR count). The average molecular weight is 382 g/mol. The first-order valence-electron chi connectivity index (χ1n) is 9.02. The van der Waals surface area contributed by atoms with Crippen LogP contribution in [0.3, 0.4) is 0 Å². The van der Waals surface area contributed by atoms with Crippen molar-refractivity contribution in [3.63, 3.8) is 0 Å². The summed E-state index contributed by atoms with van der Waals surface area (Å²) in [7, 11) is 0. The fourth-order valence-corrected chi connectivity index (χ4v) is 3.55. The van der Waals surface area contributed by atoms with Gasteiger partial charge in [0, 0.05) is 29.9 Å². The maximum Gasteiger partial charge on any atom is 0.148 e. The maximum atomic E-state index is 14.2. The van der Waals surface area contributed by atoms with Gasteiger partial charge in [-0.25, -0.2) is 13.8 Å². The Kier molecular flexibility index (Phi) is 4.62. The zero-order chi connectivity index (χ0) is 19.7. The van der Waals surface area contributed by atoms with Crippen LogP contribution in [0.25, 0.3) is 11.3 Å². The zero-order valence-corrected chi connectivity index (χ0v) is 15.4. The molecule has 0 amide bonds. The number of nitrogens with zero attached hydrogens (tertiary/aromatic N) is 4. The number of hydrogen-bond donors (Lipinski definition) is 2. The predicted molar refractivity (Wildman–Crippen MR) is 103 cm³/mol. The van der Waals surface area contributed by atoms with Crippen LogP contribution >= 0.6 is 0 Å². The van der Waals surface area contributed by atoms with E-state index >= 15 is 0 Å². The first-order valence-corrected chi connectivity index (χ1v) is 9.02. The van der Waals surface area contributed by atoms with Gasteiger partial charge in [0.1, 0.15) is 23.6 Å². The molecular weight excluding hydrogens is 362 g/mol. The van der Waals surface area contributed by atoms with Gasteiger partial charge in [0.15, 0.2) is 0 Å². The molecule has 0 radical (unpaired) electrons. The number of halogens is 2. The van der Waals surface area contributed by atoms with E-state index in [1.165, 1.54) is 18.3 Å². The van der Waals surface area contributed by atoms with Crippen molar-refractivity contribution in [3.8, 4) is 11.3 Å². The highest BCUT2D eigenvalue weighted by Gasteiger charge is 2.48. The van der Waals surface area contributed by atoms with Crippen LogP contribution in [0.5, 0.6) is 0 Å². The van der Waals surface area contributed by atoms with E-state index in [1.54, 1.807) is 12.3 Å². The fraction of sp³-hybridized carbons (Fsp3) is 0.300. The summed E-state index contributed by atoms with van der Waals surface area (Å²) in [5.74, 6) is 0.597. The first-order chi connectivity index (χ1) is 13.5. The second-order valence-electron chi connectivity index (χ2n) is 7.20. The van der Waals surface area contributed by atoms with E-state index in [0.29, 0.717) is 29.6 Å². The summed E-state index contributed by atoms with van der Waals surface area (Å²) in [5.41, 5.74) is 7.71. The van der Waals surface area contributed by atoms with E-state index in [1.807, 2.05) is 19.1 Å². The molecule has 28 heavy (non-hydrogen) atoms. The van der Waals surface area contributed by atoms with Crippen LogP contribution in [-0.4, -0.2) is 32.9 Å². The minimum atomic E-state index is -0.946. The topological polar surface area (TPSA) is 89.6 Å². The van der Waals surface area contributed by atoms with Gasteiger partial charge < -0.3 is 11.1 Å². The van der Waals surface area contributed by atoms with E-state index in [4.69, 9.17) is 5.73 Å². The van der Waals surface area contributed by atoms with Crippen molar-refractivity contribution in [2.45, 2.75) is 31.4 Å². The van der Waals surface area contributed by atoms with Crippen LogP contribution in [0.4, 0.5) is 20.4 Å². The highest BCUT2D eigenvalue weighted by molar-refractivity contribution is 5.61. The summed E-state index contributed by atoms with van der Waals surface area (Å²) in [5, 5.41) is 11.5. The number of aryl methyl sites for hydroxylation is 1. The number of rotatable bonds is 5. The number of alkyl halides is 1. The van der Waals surface area contributed by atoms with Crippen LogP contribution < -0.4 is 11.1 Å². The monoisotopic (exact) mass is 382 g/mol. The van der Waals surface area contributed by atoms with Crippen molar-refractivity contribution < 1.29 is 8.78 Å². The normalized spacial score (nSPS) is 21.2. The Morgan fingerprint density at radius 2 is 2.04 bits per heavy atom. The van der Waals surface area contributed by atoms with Crippen LogP contribution in [0, 0.1) is 12.7 Å². The number of nitrogens with one attached hydrogen (secondary N) is 1. The molecule has 0 aromatic carbocycles. The number of nitrogen functional groups attached to an aromatic ring is 1. The fourth-order valence-electron chi connectivity index (χ4n) is 3.55. The van der Waals surface area contributed by atoms with Gasteiger partial charge in [-0.1, -0.05) is 0 Å². The Morgan fingerprint density at radius 1 is 1.21 bits per heavy atom. The molecule has 0 atom stereocenters. The van der Waals surface area contributed by atoms with Gasteiger partial charge in [-0.2, -0.15) is 0 Å². The summed E-state index contributed by atoms with van der Waals surface area (Å²) >= 11 is 0. The molecule has 8 heteroatoms. The average Bonchev–Trinajstić information content (AvgIpc) is 2.67. The third kappa shape index (κ3) is 3.37. The quantitative estimate of drug-likeness (QED) is 0.703. The molecular formula is C20H20F2N6. The number of aromatic nitrogens is 4. The summed E-state index contributed by atoms with van der Waals surface area (Å²) in [6, 6.07) is 8.38. The molecule has 0 bridgehead atoms. The SMILES string of the molecule is Cc1cc(-c2ccc(NCC3(c4ncccc4F)CC(F)C3)nn2)cnc1N. The van der Waals surface area contributed by atoms with Gasteiger partial charge in [0.25, 0.3) is 0 Å². The molecule has 0 spiro atoms. The molecule has 3 aromatic heterocycles. The van der Waals surface area contributed by atoms with Gasteiger partial charge in [-0.3, -0.25) is 4.98 Å². The number of nitrogens with two attached hydrogens (primary N) is 1. The minimum absolute atomic E-state index is 0.232. The van der Waals surface area contributed by atoms with Crippen molar-refractivity contribution in [2.24, 2.45) is 0 Å². The summed E-state index contributed by atoms with van der Waals surface area (Å²) in [6.07, 6.45) is 2.70. The van der Waals surface area contributed by atoms with Gasteiger partial charge in [0.2, 0.25) is 0 Å². The Bertz CT molecular complexity index is 986. The van der Waals surface area contributed by atoms with Crippen molar-refractivity contribution in [1.82, 2.24) is 20.2 Å². The lowest BCUT2D eigenvalue weighted by molar-refractivity contribution is 0.0964. The van der Waals surface area contributed by atoms with Gasteiger partial charge in [-0.05, 0) is 55.7 Å². The lowest BCUT2D eigenvalue weighted by atomic mass is 9.65. The number of hydrogen-bond acceptors (Lipinski definition) is 6. The summed E-state index contributed by atoms with van der Waals surface area (Å²) in [6.45, 7) is 2.21. The highest BCUT2D eigenvalue weighted by Crippen LogP contribution is 2.45. The molecule has 1 saturated carbocycles. The highest BCUT2D eigenvalue weighted by atomic mass is 19.1. The molecule has 3 heterocycles. The summed E-state index contributed by atoms with van der Waals surface area (Å²) < 4.78 is 27.8. The van der Waals surface area contributed by atoms with Gasteiger partial charge in [0.05, 0.1) is 11.4 Å². The number of anilines is 2. The van der Waals surface area contributed by atoms with Crippen molar-refractivity contribution >= 4 is 11.6 Å². The van der Waals surface area contributed by atoms with E-state index < -0.39 is 17.4 Å². The van der Waals surface area contributed by atoms with Crippen molar-refractivity contribution in [1.29, 1.82) is 0 Å². The minimum Gasteiger partial charge on any atom is -0.383 e. The molecule has 3 N–H and O–H groups in total. The molecule has 3 aromatic rings. The van der Waals surface area contributed by atoms with E-state index in [0.717, 1.165) is 11.1 Å². The van der Waals surface area contributed by atoms with Crippen molar-refractivity contribution in [2.75, 3.05) is 17.6 Å². The second-order valence-corrected chi connectivity index (χ2v) is 7.20. The third-order valence-corrected chi connectivity index (χ3v) is 5.17. The lowest BCUT2D eigenvalue weighted by Gasteiger charge is -2.43. The standard InChI is InChI=1S/C20H20F2N6/c1-12-7-13(10-25-19(12)23)16-4-5-17(28-27-16)26-11-20(8-14(21)9-20)18-15(22)3-2-6-24-18/h2-7,10,14H,8-9,11H2,1H3,(H2,23,25)(H,26,28). The van der Waals surface area contributed by atoms with E-state index in [-0.39, 0.29) is 12.8 Å². The smallest absolute Gasteiger partial charge is 0.148 e.